The van der Waals surface area contributed by atoms with Gasteiger partial charge in [-0.15, -0.1) is 0 Å². The number of benzene rings is 1. The molecule has 8 heteroatoms. The SMILES string of the molecule is CCC[C@@H](NC(=O)Nc1cc(F)c(Br)cc1F)C(=O)O. The Kier molecular flexibility index (Phi) is 5.87. The number of hydrogen-bond donors (Lipinski definition) is 3. The third-order valence-corrected chi connectivity index (χ3v) is 3.05. The summed E-state index contributed by atoms with van der Waals surface area (Å²) in [5, 5.41) is 13.1. The molecule has 1 rings (SSSR count). The zero-order valence-corrected chi connectivity index (χ0v) is 12.1. The maximum Gasteiger partial charge on any atom is 0.326 e. The van der Waals surface area contributed by atoms with Crippen LogP contribution in [-0.4, -0.2) is 23.1 Å². The average molecular weight is 351 g/mol. The lowest BCUT2D eigenvalue weighted by atomic mass is 10.2. The molecular weight excluding hydrogens is 338 g/mol. The smallest absolute Gasteiger partial charge is 0.326 e. The minimum atomic E-state index is -1.19. The molecule has 0 fully saturated rings. The van der Waals surface area contributed by atoms with Gasteiger partial charge in [0.2, 0.25) is 0 Å². The summed E-state index contributed by atoms with van der Waals surface area (Å²) in [4.78, 5) is 22.4. The molecule has 0 aliphatic rings. The van der Waals surface area contributed by atoms with Crippen molar-refractivity contribution in [1.29, 1.82) is 0 Å². The van der Waals surface area contributed by atoms with Gasteiger partial charge >= 0.3 is 12.0 Å². The third-order valence-electron chi connectivity index (χ3n) is 2.44. The number of carbonyl (C=O) groups excluding carboxylic acids is 1. The zero-order valence-electron chi connectivity index (χ0n) is 10.5. The molecule has 0 saturated carbocycles. The molecule has 110 valence electrons. The number of carbonyl (C=O) groups is 2. The van der Waals surface area contributed by atoms with Gasteiger partial charge in [-0.2, -0.15) is 0 Å². The van der Waals surface area contributed by atoms with Crippen molar-refractivity contribution in [3.05, 3.63) is 28.2 Å². The normalized spacial score (nSPS) is 11.8. The largest absolute Gasteiger partial charge is 0.480 e. The molecule has 0 aromatic heterocycles. The molecule has 0 unspecified atom stereocenters. The second-order valence-electron chi connectivity index (χ2n) is 4.02. The monoisotopic (exact) mass is 350 g/mol. The molecular formula is C12H13BrF2N2O3. The number of urea groups is 1. The van der Waals surface area contributed by atoms with E-state index < -0.39 is 29.7 Å². The van der Waals surface area contributed by atoms with E-state index in [1.54, 1.807) is 6.92 Å². The van der Waals surface area contributed by atoms with Gasteiger partial charge in [0.15, 0.2) is 0 Å². The number of carboxylic acids is 1. The first-order valence-corrected chi connectivity index (χ1v) is 6.59. The van der Waals surface area contributed by atoms with Crippen LogP contribution in [0.3, 0.4) is 0 Å². The Morgan fingerprint density at radius 2 is 2.00 bits per heavy atom. The van der Waals surface area contributed by atoms with E-state index in [-0.39, 0.29) is 16.6 Å². The number of anilines is 1. The minimum Gasteiger partial charge on any atom is -0.480 e. The van der Waals surface area contributed by atoms with Gasteiger partial charge in [0.25, 0.3) is 0 Å². The highest BCUT2D eigenvalue weighted by molar-refractivity contribution is 9.10. The van der Waals surface area contributed by atoms with Gasteiger partial charge in [-0.3, -0.25) is 0 Å². The van der Waals surface area contributed by atoms with Crippen LogP contribution in [0.5, 0.6) is 0 Å². The van der Waals surface area contributed by atoms with Crippen LogP contribution < -0.4 is 10.6 Å². The first-order chi connectivity index (χ1) is 9.35. The highest BCUT2D eigenvalue weighted by Gasteiger charge is 2.19. The molecule has 0 heterocycles. The van der Waals surface area contributed by atoms with Crippen LogP contribution in [0.2, 0.25) is 0 Å². The number of aliphatic carboxylic acids is 1. The van der Waals surface area contributed by atoms with E-state index >= 15 is 0 Å². The zero-order chi connectivity index (χ0) is 15.3. The van der Waals surface area contributed by atoms with E-state index in [4.69, 9.17) is 5.11 Å². The molecule has 1 aromatic rings. The number of amides is 2. The number of halogens is 3. The number of carboxylic acid groups (broad SMARTS) is 1. The summed E-state index contributed by atoms with van der Waals surface area (Å²) in [5.41, 5.74) is -0.371. The van der Waals surface area contributed by atoms with Crippen LogP contribution >= 0.6 is 15.9 Å². The van der Waals surface area contributed by atoms with Crippen molar-refractivity contribution >= 4 is 33.6 Å². The Balaban J connectivity index is 2.75. The molecule has 0 saturated heterocycles. The van der Waals surface area contributed by atoms with Crippen LogP contribution in [0.4, 0.5) is 19.3 Å². The lowest BCUT2D eigenvalue weighted by Crippen LogP contribution is -2.43. The third kappa shape index (κ3) is 4.44. The van der Waals surface area contributed by atoms with Crippen LogP contribution in [0.25, 0.3) is 0 Å². The first kappa shape index (κ1) is 16.4. The van der Waals surface area contributed by atoms with E-state index in [2.05, 4.69) is 26.6 Å². The lowest BCUT2D eigenvalue weighted by Gasteiger charge is -2.14. The number of hydrogen-bond acceptors (Lipinski definition) is 2. The Morgan fingerprint density at radius 1 is 1.35 bits per heavy atom. The Labute approximate surface area is 122 Å². The Morgan fingerprint density at radius 3 is 2.55 bits per heavy atom. The van der Waals surface area contributed by atoms with E-state index in [1.165, 1.54) is 0 Å². The fourth-order valence-corrected chi connectivity index (χ4v) is 1.80. The van der Waals surface area contributed by atoms with Crippen molar-refractivity contribution < 1.29 is 23.5 Å². The van der Waals surface area contributed by atoms with Crippen molar-refractivity contribution in [3.63, 3.8) is 0 Å². The molecule has 0 aliphatic carbocycles. The molecule has 0 bridgehead atoms. The maximum atomic E-state index is 13.5. The predicted octanol–water partition coefficient (Wildman–Crippen LogP) is 3.10. The van der Waals surface area contributed by atoms with Crippen molar-refractivity contribution in [3.8, 4) is 0 Å². The number of rotatable bonds is 5. The van der Waals surface area contributed by atoms with Gasteiger partial charge in [0.05, 0.1) is 10.2 Å². The topological polar surface area (TPSA) is 78.4 Å². The molecule has 0 radical (unpaired) electrons. The molecule has 1 atom stereocenters. The summed E-state index contributed by atoms with van der Waals surface area (Å²) in [7, 11) is 0. The van der Waals surface area contributed by atoms with Crippen LogP contribution in [0, 0.1) is 11.6 Å². The van der Waals surface area contributed by atoms with Crippen LogP contribution in [-0.2, 0) is 4.79 Å². The van der Waals surface area contributed by atoms with E-state index in [0.717, 1.165) is 12.1 Å². The summed E-state index contributed by atoms with van der Waals surface area (Å²) >= 11 is 2.81. The molecule has 2 amide bonds. The Hall–Kier alpha value is -1.70. The van der Waals surface area contributed by atoms with Crippen molar-refractivity contribution in [2.45, 2.75) is 25.8 Å². The lowest BCUT2D eigenvalue weighted by molar-refractivity contribution is -0.139. The molecule has 0 spiro atoms. The quantitative estimate of drug-likeness (QED) is 0.714. The van der Waals surface area contributed by atoms with Crippen molar-refractivity contribution in [1.82, 2.24) is 5.32 Å². The highest BCUT2D eigenvalue weighted by Crippen LogP contribution is 2.23. The van der Waals surface area contributed by atoms with Gasteiger partial charge in [0.1, 0.15) is 17.7 Å². The average Bonchev–Trinajstić information content (AvgIpc) is 2.35. The second-order valence-corrected chi connectivity index (χ2v) is 4.88. The fourth-order valence-electron chi connectivity index (χ4n) is 1.48. The van der Waals surface area contributed by atoms with Crippen molar-refractivity contribution in [2.24, 2.45) is 0 Å². The van der Waals surface area contributed by atoms with Crippen LogP contribution in [0.1, 0.15) is 19.8 Å². The van der Waals surface area contributed by atoms with E-state index in [0.29, 0.717) is 6.42 Å². The summed E-state index contributed by atoms with van der Waals surface area (Å²) in [6.45, 7) is 1.76. The van der Waals surface area contributed by atoms with E-state index in [1.807, 2.05) is 0 Å². The maximum absolute atomic E-state index is 13.5. The summed E-state index contributed by atoms with van der Waals surface area (Å²) in [6.07, 6.45) is 0.790. The molecule has 3 N–H and O–H groups in total. The molecule has 5 nitrogen and oxygen atoms in total. The van der Waals surface area contributed by atoms with E-state index in [9.17, 15) is 18.4 Å². The van der Waals surface area contributed by atoms with Gasteiger partial charge in [-0.1, -0.05) is 13.3 Å². The highest BCUT2D eigenvalue weighted by atomic mass is 79.9. The molecule has 20 heavy (non-hydrogen) atoms. The second kappa shape index (κ2) is 7.18. The van der Waals surface area contributed by atoms with Gasteiger partial charge in [-0.25, -0.2) is 18.4 Å². The Bertz CT molecular complexity index is 526. The van der Waals surface area contributed by atoms with Gasteiger partial charge in [0, 0.05) is 6.07 Å². The van der Waals surface area contributed by atoms with Gasteiger partial charge < -0.3 is 15.7 Å². The molecule has 1 aromatic carbocycles. The van der Waals surface area contributed by atoms with Gasteiger partial charge in [-0.05, 0) is 28.4 Å². The summed E-state index contributed by atoms with van der Waals surface area (Å²) in [5.74, 6) is -2.77. The summed E-state index contributed by atoms with van der Waals surface area (Å²) in [6, 6.07) is -0.324. The summed E-state index contributed by atoms with van der Waals surface area (Å²) < 4.78 is 26.6. The number of nitrogens with one attached hydrogen (secondary N) is 2. The standard InChI is InChI=1S/C12H13BrF2N2O3/c1-2-3-9(11(18)19)16-12(20)17-10-5-7(14)6(13)4-8(10)15/h4-5,9H,2-3H2,1H3,(H,18,19)(H2,16,17,20)/t9-/m1/s1. The molecule has 0 aliphatic heterocycles. The fraction of sp³-hybridized carbons (Fsp3) is 0.333. The predicted molar refractivity (Wildman–Crippen MR) is 72.5 cm³/mol. The van der Waals surface area contributed by atoms with Crippen molar-refractivity contribution in [2.75, 3.05) is 5.32 Å². The van der Waals surface area contributed by atoms with Crippen LogP contribution in [0.15, 0.2) is 16.6 Å². The minimum absolute atomic E-state index is 0.0737. The first-order valence-electron chi connectivity index (χ1n) is 5.80.